The summed E-state index contributed by atoms with van der Waals surface area (Å²) >= 11 is 0. The summed E-state index contributed by atoms with van der Waals surface area (Å²) in [5.74, 6) is 3.97. The first-order valence-corrected chi connectivity index (χ1v) is 5.56. The molecule has 0 aliphatic carbocycles. The smallest absolute Gasteiger partial charge is 0.354 e. The zero-order chi connectivity index (χ0) is 15.6. The van der Waals surface area contributed by atoms with Gasteiger partial charge < -0.3 is 5.32 Å². The van der Waals surface area contributed by atoms with Crippen LogP contribution in [0.5, 0.6) is 0 Å². The van der Waals surface area contributed by atoms with Gasteiger partial charge in [-0.3, -0.25) is 10.2 Å². The van der Waals surface area contributed by atoms with Gasteiger partial charge in [-0.1, -0.05) is 0 Å². The summed E-state index contributed by atoms with van der Waals surface area (Å²) in [6.07, 6.45) is -3.37. The molecule has 0 unspecified atom stereocenters. The highest BCUT2D eigenvalue weighted by atomic mass is 19.4. The standard InChI is InChI=1S/C10H10F3N7O/c1-15-8(21)5-2-3-20(19-5)7-4-6(10(11,12)13)16-9(17-7)18-14/h2-4H,14H2,1H3,(H,15,21)(H,16,17,18). The quantitative estimate of drug-likeness (QED) is 0.556. The minimum Gasteiger partial charge on any atom is -0.354 e. The molecule has 8 nitrogen and oxygen atoms in total. The number of nitrogens with one attached hydrogen (secondary N) is 2. The van der Waals surface area contributed by atoms with Gasteiger partial charge in [-0.25, -0.2) is 15.5 Å². The van der Waals surface area contributed by atoms with E-state index in [1.807, 2.05) is 5.43 Å². The highest BCUT2D eigenvalue weighted by molar-refractivity contribution is 5.91. The monoisotopic (exact) mass is 301 g/mol. The molecule has 0 saturated carbocycles. The first-order chi connectivity index (χ1) is 9.85. The number of hydrogen-bond acceptors (Lipinski definition) is 6. The first kappa shape index (κ1) is 14.7. The molecule has 4 N–H and O–H groups in total. The number of carbonyl (C=O) groups is 1. The number of rotatable bonds is 3. The second-order valence-corrected chi connectivity index (χ2v) is 3.80. The van der Waals surface area contributed by atoms with E-state index in [4.69, 9.17) is 5.84 Å². The third kappa shape index (κ3) is 3.08. The summed E-state index contributed by atoms with van der Waals surface area (Å²) in [7, 11) is 1.41. The molecular formula is C10H10F3N7O. The molecule has 2 heterocycles. The molecule has 21 heavy (non-hydrogen) atoms. The molecule has 0 spiro atoms. The number of alkyl halides is 3. The molecule has 2 aromatic heterocycles. The van der Waals surface area contributed by atoms with E-state index in [0.29, 0.717) is 6.07 Å². The third-order valence-electron chi connectivity index (χ3n) is 2.42. The van der Waals surface area contributed by atoms with Crippen molar-refractivity contribution in [2.24, 2.45) is 5.84 Å². The fourth-order valence-electron chi connectivity index (χ4n) is 1.46. The van der Waals surface area contributed by atoms with E-state index in [2.05, 4.69) is 20.4 Å². The van der Waals surface area contributed by atoms with Gasteiger partial charge in [-0.15, -0.1) is 0 Å². The Hall–Kier alpha value is -2.69. The molecule has 0 radical (unpaired) electrons. The fraction of sp³-hybridized carbons (Fsp3) is 0.200. The van der Waals surface area contributed by atoms with Gasteiger partial charge in [-0.05, 0) is 6.07 Å². The van der Waals surface area contributed by atoms with Crippen molar-refractivity contribution < 1.29 is 18.0 Å². The maximum absolute atomic E-state index is 12.7. The summed E-state index contributed by atoms with van der Waals surface area (Å²) in [6.45, 7) is 0. The Morgan fingerprint density at radius 2 is 2.10 bits per heavy atom. The summed E-state index contributed by atoms with van der Waals surface area (Å²) in [4.78, 5) is 18.3. The molecule has 0 atom stereocenters. The SMILES string of the molecule is CNC(=O)c1ccn(-c2cc(C(F)(F)F)nc(NN)n2)n1. The molecular weight excluding hydrogens is 291 g/mol. The number of amides is 1. The van der Waals surface area contributed by atoms with Crippen molar-refractivity contribution in [3.05, 3.63) is 29.7 Å². The Labute approximate surface area is 116 Å². The van der Waals surface area contributed by atoms with Gasteiger partial charge in [0.25, 0.3) is 5.91 Å². The maximum Gasteiger partial charge on any atom is 0.433 e. The molecule has 0 bridgehead atoms. The van der Waals surface area contributed by atoms with E-state index in [9.17, 15) is 18.0 Å². The van der Waals surface area contributed by atoms with E-state index in [1.165, 1.54) is 19.3 Å². The number of aromatic nitrogens is 4. The van der Waals surface area contributed by atoms with Crippen molar-refractivity contribution in [1.29, 1.82) is 0 Å². The maximum atomic E-state index is 12.7. The van der Waals surface area contributed by atoms with Crippen molar-refractivity contribution in [1.82, 2.24) is 25.1 Å². The van der Waals surface area contributed by atoms with Crippen molar-refractivity contribution in [2.45, 2.75) is 6.18 Å². The second kappa shape index (κ2) is 5.36. The van der Waals surface area contributed by atoms with E-state index >= 15 is 0 Å². The zero-order valence-corrected chi connectivity index (χ0v) is 10.6. The van der Waals surface area contributed by atoms with Crippen LogP contribution < -0.4 is 16.6 Å². The third-order valence-corrected chi connectivity index (χ3v) is 2.42. The predicted octanol–water partition coefficient (Wildman–Crippen LogP) is 0.326. The average Bonchev–Trinajstić information content (AvgIpc) is 2.94. The van der Waals surface area contributed by atoms with Gasteiger partial charge >= 0.3 is 6.18 Å². The summed E-state index contributed by atoms with van der Waals surface area (Å²) in [5, 5.41) is 6.17. The van der Waals surface area contributed by atoms with Crippen LogP contribution in [-0.4, -0.2) is 32.7 Å². The molecule has 0 aromatic carbocycles. The van der Waals surface area contributed by atoms with Crippen LogP contribution in [0.1, 0.15) is 16.2 Å². The van der Waals surface area contributed by atoms with Crippen LogP contribution in [-0.2, 0) is 6.18 Å². The highest BCUT2D eigenvalue weighted by Crippen LogP contribution is 2.29. The van der Waals surface area contributed by atoms with Crippen LogP contribution >= 0.6 is 0 Å². The average molecular weight is 301 g/mol. The number of anilines is 1. The molecule has 2 aromatic rings. The minimum atomic E-state index is -4.67. The molecule has 112 valence electrons. The predicted molar refractivity (Wildman–Crippen MR) is 65.4 cm³/mol. The Morgan fingerprint density at radius 3 is 2.67 bits per heavy atom. The number of nitrogen functional groups attached to an aromatic ring is 1. The number of nitrogens with two attached hydrogens (primary N) is 1. The second-order valence-electron chi connectivity index (χ2n) is 3.80. The van der Waals surface area contributed by atoms with Gasteiger partial charge in [0.05, 0.1) is 0 Å². The number of nitrogens with zero attached hydrogens (tertiary/aromatic N) is 4. The molecule has 11 heteroatoms. The minimum absolute atomic E-state index is 0.0342. The van der Waals surface area contributed by atoms with Crippen molar-refractivity contribution >= 4 is 11.9 Å². The van der Waals surface area contributed by atoms with Crippen LogP contribution in [0.4, 0.5) is 19.1 Å². The summed E-state index contributed by atoms with van der Waals surface area (Å²) in [5.41, 5.74) is 0.799. The fourth-order valence-corrected chi connectivity index (χ4v) is 1.46. The summed E-state index contributed by atoms with van der Waals surface area (Å²) < 4.78 is 39.2. The van der Waals surface area contributed by atoms with Crippen molar-refractivity contribution in [2.75, 3.05) is 12.5 Å². The van der Waals surface area contributed by atoms with Gasteiger partial charge in [0.1, 0.15) is 0 Å². The van der Waals surface area contributed by atoms with Crippen LogP contribution in [0.2, 0.25) is 0 Å². The Bertz CT molecular complexity index is 667. The normalized spacial score (nSPS) is 11.3. The molecule has 0 fully saturated rings. The molecule has 0 aliphatic rings. The first-order valence-electron chi connectivity index (χ1n) is 5.56. The van der Waals surface area contributed by atoms with E-state index in [-0.39, 0.29) is 11.5 Å². The topological polar surface area (TPSA) is 111 Å². The lowest BCUT2D eigenvalue weighted by molar-refractivity contribution is -0.141. The molecule has 2 rings (SSSR count). The number of hydrogen-bond donors (Lipinski definition) is 3. The molecule has 0 saturated heterocycles. The van der Waals surface area contributed by atoms with Gasteiger partial charge in [0.2, 0.25) is 5.95 Å². The Morgan fingerprint density at radius 1 is 1.38 bits per heavy atom. The lowest BCUT2D eigenvalue weighted by Crippen LogP contribution is -2.19. The van der Waals surface area contributed by atoms with Crippen LogP contribution in [0.3, 0.4) is 0 Å². The van der Waals surface area contributed by atoms with Crippen molar-refractivity contribution in [3.63, 3.8) is 0 Å². The lowest BCUT2D eigenvalue weighted by atomic mass is 10.4. The van der Waals surface area contributed by atoms with Crippen LogP contribution in [0.15, 0.2) is 18.3 Å². The summed E-state index contributed by atoms with van der Waals surface area (Å²) in [6, 6.07) is 2.03. The number of halogens is 3. The highest BCUT2D eigenvalue weighted by Gasteiger charge is 2.34. The number of carbonyl (C=O) groups excluding carboxylic acids is 1. The van der Waals surface area contributed by atoms with Crippen LogP contribution in [0.25, 0.3) is 5.82 Å². The van der Waals surface area contributed by atoms with Crippen molar-refractivity contribution in [3.8, 4) is 5.82 Å². The Kier molecular flexibility index (Phi) is 3.76. The Balaban J connectivity index is 2.48. The largest absolute Gasteiger partial charge is 0.433 e. The van der Waals surface area contributed by atoms with Gasteiger partial charge in [0, 0.05) is 19.3 Å². The molecule has 1 amide bonds. The van der Waals surface area contributed by atoms with E-state index in [1.54, 1.807) is 0 Å². The number of hydrazine groups is 1. The molecule has 0 aliphatic heterocycles. The zero-order valence-electron chi connectivity index (χ0n) is 10.6. The van der Waals surface area contributed by atoms with Gasteiger partial charge in [0.15, 0.2) is 17.2 Å². The lowest BCUT2D eigenvalue weighted by Gasteiger charge is -2.09. The van der Waals surface area contributed by atoms with E-state index in [0.717, 1.165) is 4.68 Å². The van der Waals surface area contributed by atoms with Gasteiger partial charge in [-0.2, -0.15) is 23.3 Å². The van der Waals surface area contributed by atoms with Crippen LogP contribution in [0, 0.1) is 0 Å². The van der Waals surface area contributed by atoms with E-state index < -0.39 is 23.7 Å².